The molecule has 0 aliphatic heterocycles. The van der Waals surface area contributed by atoms with E-state index in [2.05, 4.69) is 15.4 Å². The topological polar surface area (TPSA) is 72.3 Å². The smallest absolute Gasteiger partial charge is 0.410 e. The number of aromatic nitrogens is 3. The molecule has 1 aliphatic rings. The summed E-state index contributed by atoms with van der Waals surface area (Å²) in [5, 5.41) is 7.65. The van der Waals surface area contributed by atoms with Crippen molar-refractivity contribution in [1.29, 1.82) is 0 Å². The van der Waals surface area contributed by atoms with Crippen LogP contribution in [0.5, 0.6) is 0 Å². The maximum Gasteiger partial charge on any atom is 0.410 e. The molecule has 1 saturated carbocycles. The van der Waals surface area contributed by atoms with Crippen molar-refractivity contribution in [2.45, 2.75) is 64.6 Å². The van der Waals surface area contributed by atoms with Crippen LogP contribution < -0.4 is 5.32 Å². The Morgan fingerprint density at radius 3 is 2.59 bits per heavy atom. The first kappa shape index (κ1) is 24.2. The van der Waals surface area contributed by atoms with E-state index in [0.29, 0.717) is 39.2 Å². The summed E-state index contributed by atoms with van der Waals surface area (Å²) in [6.45, 7) is 4.04. The zero-order valence-corrected chi connectivity index (χ0v) is 19.6. The van der Waals surface area contributed by atoms with Gasteiger partial charge in [0, 0.05) is 41.8 Å². The number of halogens is 3. The van der Waals surface area contributed by atoms with Gasteiger partial charge in [-0.05, 0) is 64.5 Å². The third-order valence-electron chi connectivity index (χ3n) is 5.81. The SMILES string of the molecule is COC(=O)N(C1CCC(CNc2cc(Cl)ncc2-c2ccn(C(F)F)n2)CC1)C(C)(C)C. The van der Waals surface area contributed by atoms with Crippen LogP contribution in [0.3, 0.4) is 0 Å². The van der Waals surface area contributed by atoms with Gasteiger partial charge in [-0.25, -0.2) is 14.5 Å². The Labute approximate surface area is 192 Å². The monoisotopic (exact) mass is 469 g/mol. The van der Waals surface area contributed by atoms with E-state index in [-0.39, 0.29) is 17.7 Å². The molecule has 0 aromatic carbocycles. The Morgan fingerprint density at radius 2 is 2.03 bits per heavy atom. The molecule has 0 spiro atoms. The molecule has 2 aromatic heterocycles. The van der Waals surface area contributed by atoms with Crippen LogP contribution in [0, 0.1) is 5.92 Å². The average molecular weight is 470 g/mol. The fourth-order valence-electron chi connectivity index (χ4n) is 4.30. The molecule has 1 aliphatic carbocycles. The largest absolute Gasteiger partial charge is 0.453 e. The highest BCUT2D eigenvalue weighted by atomic mass is 35.5. The van der Waals surface area contributed by atoms with E-state index in [1.807, 2.05) is 25.7 Å². The van der Waals surface area contributed by atoms with E-state index in [9.17, 15) is 13.6 Å². The van der Waals surface area contributed by atoms with Crippen molar-refractivity contribution in [2.75, 3.05) is 19.0 Å². The summed E-state index contributed by atoms with van der Waals surface area (Å²) in [6.07, 6.45) is 6.17. The second-order valence-corrected chi connectivity index (χ2v) is 9.46. The number of carbonyl (C=O) groups is 1. The van der Waals surface area contributed by atoms with Crippen LogP contribution in [0.1, 0.15) is 53.0 Å². The number of methoxy groups -OCH3 is 1. The van der Waals surface area contributed by atoms with E-state index in [1.54, 1.807) is 6.07 Å². The number of alkyl halides is 2. The summed E-state index contributed by atoms with van der Waals surface area (Å²) in [5.74, 6) is 0.407. The first-order valence-electron chi connectivity index (χ1n) is 10.7. The molecule has 2 aromatic rings. The van der Waals surface area contributed by atoms with Gasteiger partial charge in [0.15, 0.2) is 0 Å². The molecule has 1 N–H and O–H groups in total. The van der Waals surface area contributed by atoms with Crippen molar-refractivity contribution >= 4 is 23.4 Å². The number of ether oxygens (including phenoxy) is 1. The lowest BCUT2D eigenvalue weighted by atomic mass is 9.84. The van der Waals surface area contributed by atoms with E-state index in [1.165, 1.54) is 25.6 Å². The molecule has 2 heterocycles. The Balaban J connectivity index is 1.65. The van der Waals surface area contributed by atoms with Gasteiger partial charge in [-0.2, -0.15) is 13.9 Å². The van der Waals surface area contributed by atoms with E-state index >= 15 is 0 Å². The number of hydrogen-bond donors (Lipinski definition) is 1. The molecule has 7 nitrogen and oxygen atoms in total. The highest BCUT2D eigenvalue weighted by Gasteiger charge is 2.36. The van der Waals surface area contributed by atoms with Gasteiger partial charge >= 0.3 is 12.6 Å². The summed E-state index contributed by atoms with van der Waals surface area (Å²) in [5.41, 5.74) is 1.41. The first-order chi connectivity index (χ1) is 15.1. The van der Waals surface area contributed by atoms with Gasteiger partial charge < -0.3 is 15.0 Å². The number of nitrogens with one attached hydrogen (secondary N) is 1. The number of hydrogen-bond acceptors (Lipinski definition) is 5. The zero-order valence-electron chi connectivity index (χ0n) is 18.8. The molecule has 0 atom stereocenters. The highest BCUT2D eigenvalue weighted by Crippen LogP contribution is 2.33. The quantitative estimate of drug-likeness (QED) is 0.539. The molecule has 3 rings (SSSR count). The maximum atomic E-state index is 12.9. The summed E-state index contributed by atoms with van der Waals surface area (Å²) in [4.78, 5) is 18.2. The lowest BCUT2D eigenvalue weighted by molar-refractivity contribution is 0.0402. The van der Waals surface area contributed by atoms with Gasteiger partial charge in [-0.15, -0.1) is 0 Å². The van der Waals surface area contributed by atoms with Crippen molar-refractivity contribution < 1.29 is 18.3 Å². The van der Waals surface area contributed by atoms with Crippen molar-refractivity contribution in [3.05, 3.63) is 29.7 Å². The summed E-state index contributed by atoms with van der Waals surface area (Å²) in [7, 11) is 1.42. The molecule has 176 valence electrons. The van der Waals surface area contributed by atoms with Crippen LogP contribution in [0.4, 0.5) is 19.3 Å². The minimum Gasteiger partial charge on any atom is -0.453 e. The van der Waals surface area contributed by atoms with E-state index in [4.69, 9.17) is 16.3 Å². The molecule has 0 saturated heterocycles. The fourth-order valence-corrected chi connectivity index (χ4v) is 4.46. The number of amides is 1. The number of rotatable bonds is 6. The van der Waals surface area contributed by atoms with Gasteiger partial charge in [0.25, 0.3) is 0 Å². The summed E-state index contributed by atoms with van der Waals surface area (Å²) in [6, 6.07) is 3.35. The maximum absolute atomic E-state index is 12.9. The van der Waals surface area contributed by atoms with Crippen LogP contribution in [-0.2, 0) is 4.74 Å². The average Bonchev–Trinajstić information content (AvgIpc) is 3.22. The minimum absolute atomic E-state index is 0.142. The van der Waals surface area contributed by atoms with Gasteiger partial charge in [0.05, 0.1) is 12.8 Å². The Morgan fingerprint density at radius 1 is 1.34 bits per heavy atom. The summed E-state index contributed by atoms with van der Waals surface area (Å²) >= 11 is 6.08. The van der Waals surface area contributed by atoms with Crippen LogP contribution in [0.15, 0.2) is 24.5 Å². The molecular formula is C22H30ClF2N5O2. The molecule has 0 radical (unpaired) electrons. The molecular weight excluding hydrogens is 440 g/mol. The molecule has 32 heavy (non-hydrogen) atoms. The summed E-state index contributed by atoms with van der Waals surface area (Å²) < 4.78 is 31.4. The van der Waals surface area contributed by atoms with Crippen molar-refractivity contribution in [1.82, 2.24) is 19.7 Å². The second-order valence-electron chi connectivity index (χ2n) is 9.08. The lowest BCUT2D eigenvalue weighted by Crippen LogP contribution is -2.52. The van der Waals surface area contributed by atoms with Crippen LogP contribution in [0.25, 0.3) is 11.3 Å². The number of pyridine rings is 1. The highest BCUT2D eigenvalue weighted by molar-refractivity contribution is 6.29. The van der Waals surface area contributed by atoms with Crippen molar-refractivity contribution in [2.24, 2.45) is 5.92 Å². The second kappa shape index (κ2) is 10.0. The zero-order chi connectivity index (χ0) is 23.5. The number of nitrogens with zero attached hydrogens (tertiary/aromatic N) is 4. The standard InChI is InChI=1S/C22H30ClF2N5O2/c1-22(2,3)30(21(31)32-4)15-7-5-14(6-8-15)12-26-18-11-19(23)27-13-16(18)17-9-10-29(28-17)20(24)25/h9-11,13-15,20H,5-8,12H2,1-4H3,(H,26,27). The minimum atomic E-state index is -2.70. The molecule has 1 fully saturated rings. The molecule has 0 unspecified atom stereocenters. The van der Waals surface area contributed by atoms with Gasteiger partial charge in [0.2, 0.25) is 0 Å². The van der Waals surface area contributed by atoms with E-state index in [0.717, 1.165) is 25.7 Å². The van der Waals surface area contributed by atoms with Crippen LogP contribution in [-0.4, -0.2) is 51.0 Å². The van der Waals surface area contributed by atoms with Crippen LogP contribution in [0.2, 0.25) is 5.15 Å². The van der Waals surface area contributed by atoms with Gasteiger partial charge in [-0.3, -0.25) is 0 Å². The van der Waals surface area contributed by atoms with Crippen molar-refractivity contribution in [3.63, 3.8) is 0 Å². The third-order valence-corrected chi connectivity index (χ3v) is 6.02. The Hall–Kier alpha value is -2.42. The first-order valence-corrected chi connectivity index (χ1v) is 11.1. The van der Waals surface area contributed by atoms with Crippen LogP contribution >= 0.6 is 11.6 Å². The fraction of sp³-hybridized carbons (Fsp3) is 0.591. The Bertz CT molecular complexity index is 923. The van der Waals surface area contributed by atoms with Gasteiger partial charge in [0.1, 0.15) is 5.15 Å². The number of carbonyl (C=O) groups excluding carboxylic acids is 1. The third kappa shape index (κ3) is 5.68. The molecule has 1 amide bonds. The predicted molar refractivity (Wildman–Crippen MR) is 120 cm³/mol. The molecule has 0 bridgehead atoms. The van der Waals surface area contributed by atoms with E-state index < -0.39 is 6.55 Å². The molecule has 10 heteroatoms. The normalized spacial score (nSPS) is 19.1. The number of anilines is 1. The Kier molecular flexibility index (Phi) is 7.59. The van der Waals surface area contributed by atoms with Gasteiger partial charge in [-0.1, -0.05) is 11.6 Å². The lowest BCUT2D eigenvalue weighted by Gasteiger charge is -2.43. The predicted octanol–water partition coefficient (Wildman–Crippen LogP) is 5.83. The van der Waals surface area contributed by atoms with Crippen molar-refractivity contribution in [3.8, 4) is 11.3 Å².